The molecule has 0 radical (unpaired) electrons. The molecule has 3 rings (SSSR count). The zero-order valence-corrected chi connectivity index (χ0v) is 15.3. The van der Waals surface area contributed by atoms with Crippen molar-refractivity contribution in [1.29, 1.82) is 0 Å². The highest BCUT2D eigenvalue weighted by Gasteiger charge is 2.32. The van der Waals surface area contributed by atoms with Crippen LogP contribution in [0.1, 0.15) is 47.2 Å². The Morgan fingerprint density at radius 2 is 1.60 bits per heavy atom. The average molecular weight is 343 g/mol. The monoisotopic (exact) mass is 343 g/mol. The number of carbonyl (C=O) groups is 2. The number of aryl methyl sites for hydroxylation is 2. The van der Waals surface area contributed by atoms with Crippen LogP contribution in [0.25, 0.3) is 0 Å². The predicted octanol–water partition coefficient (Wildman–Crippen LogP) is 2.11. The van der Waals surface area contributed by atoms with Gasteiger partial charge in [0.15, 0.2) is 0 Å². The van der Waals surface area contributed by atoms with E-state index in [9.17, 15) is 9.59 Å². The first-order chi connectivity index (χ1) is 11.9. The van der Waals surface area contributed by atoms with Gasteiger partial charge in [0.25, 0.3) is 5.91 Å². The summed E-state index contributed by atoms with van der Waals surface area (Å²) in [6.07, 6.45) is 3.52. The van der Waals surface area contributed by atoms with E-state index in [2.05, 4.69) is 6.07 Å². The Bertz CT molecular complexity index is 630. The normalized spacial score (nSPS) is 22.1. The molecule has 136 valence electrons. The fourth-order valence-electron chi connectivity index (χ4n) is 4.02. The molecule has 2 aliphatic heterocycles. The summed E-state index contributed by atoms with van der Waals surface area (Å²) >= 11 is 0. The van der Waals surface area contributed by atoms with Gasteiger partial charge < -0.3 is 15.5 Å². The molecule has 0 saturated carbocycles. The van der Waals surface area contributed by atoms with E-state index >= 15 is 0 Å². The number of carbonyl (C=O) groups excluding carboxylic acids is 2. The Morgan fingerprint density at radius 1 is 0.960 bits per heavy atom. The number of piperidine rings is 2. The third-order valence-corrected chi connectivity index (χ3v) is 5.38. The Balaban J connectivity index is 1.66. The fraction of sp³-hybridized carbons (Fsp3) is 0.600. The van der Waals surface area contributed by atoms with E-state index in [-0.39, 0.29) is 23.8 Å². The molecule has 0 bridgehead atoms. The van der Waals surface area contributed by atoms with Gasteiger partial charge in [-0.3, -0.25) is 9.59 Å². The summed E-state index contributed by atoms with van der Waals surface area (Å²) in [5.41, 5.74) is 8.86. The molecule has 1 atom stereocenters. The van der Waals surface area contributed by atoms with Crippen molar-refractivity contribution in [2.45, 2.75) is 45.6 Å². The maximum Gasteiger partial charge on any atom is 0.253 e. The summed E-state index contributed by atoms with van der Waals surface area (Å²) in [5, 5.41) is 0. The first-order valence-corrected chi connectivity index (χ1v) is 9.36. The standard InChI is InChI=1S/C20H29N3O2/c1-14-10-15(2)12-17(11-14)20(25)23-7-3-4-16(13-23)19(24)22-8-5-18(21)6-9-22/h10-12,16,18H,3-9,13,21H2,1-2H3. The topological polar surface area (TPSA) is 66.6 Å². The second-order valence-corrected chi connectivity index (χ2v) is 7.63. The van der Waals surface area contributed by atoms with Crippen LogP contribution in [0.5, 0.6) is 0 Å². The van der Waals surface area contributed by atoms with Gasteiger partial charge in [-0.2, -0.15) is 0 Å². The second kappa shape index (κ2) is 7.56. The van der Waals surface area contributed by atoms with Crippen molar-refractivity contribution in [3.8, 4) is 0 Å². The maximum atomic E-state index is 12.9. The summed E-state index contributed by atoms with van der Waals surface area (Å²) in [6.45, 7) is 6.79. The smallest absolute Gasteiger partial charge is 0.253 e. The van der Waals surface area contributed by atoms with Crippen molar-refractivity contribution in [2.24, 2.45) is 11.7 Å². The summed E-state index contributed by atoms with van der Waals surface area (Å²) in [4.78, 5) is 29.5. The van der Waals surface area contributed by atoms with Crippen LogP contribution in [0, 0.1) is 19.8 Å². The molecule has 5 nitrogen and oxygen atoms in total. The molecule has 0 aromatic heterocycles. The lowest BCUT2D eigenvalue weighted by atomic mass is 9.94. The SMILES string of the molecule is Cc1cc(C)cc(C(=O)N2CCCC(C(=O)N3CCC(N)CC3)C2)c1. The van der Waals surface area contributed by atoms with Crippen LogP contribution in [0.15, 0.2) is 18.2 Å². The number of hydrogen-bond acceptors (Lipinski definition) is 3. The van der Waals surface area contributed by atoms with Crippen LogP contribution in [0.3, 0.4) is 0 Å². The number of rotatable bonds is 2. The third-order valence-electron chi connectivity index (χ3n) is 5.38. The first kappa shape index (κ1) is 17.9. The number of nitrogens with two attached hydrogens (primary N) is 1. The fourth-order valence-corrected chi connectivity index (χ4v) is 4.02. The van der Waals surface area contributed by atoms with Crippen molar-refractivity contribution in [2.75, 3.05) is 26.2 Å². The van der Waals surface area contributed by atoms with Gasteiger partial charge in [0.1, 0.15) is 0 Å². The Morgan fingerprint density at radius 3 is 2.24 bits per heavy atom. The molecule has 5 heteroatoms. The lowest BCUT2D eigenvalue weighted by Gasteiger charge is -2.37. The molecule has 2 N–H and O–H groups in total. The molecule has 1 aromatic rings. The van der Waals surface area contributed by atoms with Gasteiger partial charge in [-0.25, -0.2) is 0 Å². The van der Waals surface area contributed by atoms with E-state index in [4.69, 9.17) is 5.73 Å². The van der Waals surface area contributed by atoms with E-state index in [1.54, 1.807) is 0 Å². The molecule has 1 unspecified atom stereocenters. The Hall–Kier alpha value is -1.88. The molecular formula is C20H29N3O2. The average Bonchev–Trinajstić information content (AvgIpc) is 2.60. The number of benzene rings is 1. The second-order valence-electron chi connectivity index (χ2n) is 7.63. The Kier molecular flexibility index (Phi) is 5.42. The highest BCUT2D eigenvalue weighted by atomic mass is 16.2. The number of nitrogens with zero attached hydrogens (tertiary/aromatic N) is 2. The molecule has 2 amide bonds. The minimum absolute atomic E-state index is 0.0463. The molecule has 0 aliphatic carbocycles. The van der Waals surface area contributed by atoms with Crippen molar-refractivity contribution < 1.29 is 9.59 Å². The molecule has 0 spiro atoms. The van der Waals surface area contributed by atoms with Crippen molar-refractivity contribution in [3.63, 3.8) is 0 Å². The quantitative estimate of drug-likeness (QED) is 0.894. The van der Waals surface area contributed by atoms with Crippen molar-refractivity contribution in [1.82, 2.24) is 9.80 Å². The third kappa shape index (κ3) is 4.21. The van der Waals surface area contributed by atoms with Crippen molar-refractivity contribution >= 4 is 11.8 Å². The van der Waals surface area contributed by atoms with E-state index < -0.39 is 0 Å². The van der Waals surface area contributed by atoms with Gasteiger partial charge in [-0.05, 0) is 51.7 Å². The van der Waals surface area contributed by atoms with Crippen LogP contribution in [-0.2, 0) is 4.79 Å². The minimum Gasteiger partial charge on any atom is -0.342 e. The lowest BCUT2D eigenvalue weighted by molar-refractivity contribution is -0.138. The van der Waals surface area contributed by atoms with Crippen LogP contribution in [0.2, 0.25) is 0 Å². The van der Waals surface area contributed by atoms with Crippen LogP contribution in [-0.4, -0.2) is 53.8 Å². The highest BCUT2D eigenvalue weighted by molar-refractivity contribution is 5.95. The van der Waals surface area contributed by atoms with E-state index in [1.807, 2.05) is 35.8 Å². The largest absolute Gasteiger partial charge is 0.342 e. The molecule has 2 saturated heterocycles. The number of likely N-dealkylation sites (tertiary alicyclic amines) is 2. The predicted molar refractivity (Wildman–Crippen MR) is 98.3 cm³/mol. The Labute approximate surface area is 150 Å². The highest BCUT2D eigenvalue weighted by Crippen LogP contribution is 2.23. The van der Waals surface area contributed by atoms with Gasteiger partial charge in [0.05, 0.1) is 5.92 Å². The zero-order chi connectivity index (χ0) is 18.0. The first-order valence-electron chi connectivity index (χ1n) is 9.36. The van der Waals surface area contributed by atoms with Gasteiger partial charge in [-0.1, -0.05) is 17.2 Å². The minimum atomic E-state index is -0.0714. The van der Waals surface area contributed by atoms with Crippen LogP contribution < -0.4 is 5.73 Å². The summed E-state index contributed by atoms with van der Waals surface area (Å²) < 4.78 is 0. The van der Waals surface area contributed by atoms with Gasteiger partial charge >= 0.3 is 0 Å². The van der Waals surface area contributed by atoms with Crippen LogP contribution in [0.4, 0.5) is 0 Å². The summed E-state index contributed by atoms with van der Waals surface area (Å²) in [7, 11) is 0. The molecular weight excluding hydrogens is 314 g/mol. The zero-order valence-electron chi connectivity index (χ0n) is 15.3. The van der Waals surface area contributed by atoms with E-state index in [1.165, 1.54) is 0 Å². The van der Waals surface area contributed by atoms with Crippen LogP contribution >= 0.6 is 0 Å². The van der Waals surface area contributed by atoms with Crippen molar-refractivity contribution in [3.05, 3.63) is 34.9 Å². The van der Waals surface area contributed by atoms with Gasteiger partial charge in [-0.15, -0.1) is 0 Å². The van der Waals surface area contributed by atoms with Gasteiger partial charge in [0, 0.05) is 37.8 Å². The molecule has 2 heterocycles. The summed E-state index contributed by atoms with van der Waals surface area (Å²) in [5.74, 6) is 0.174. The molecule has 25 heavy (non-hydrogen) atoms. The molecule has 1 aromatic carbocycles. The lowest BCUT2D eigenvalue weighted by Crippen LogP contribution is -2.50. The summed E-state index contributed by atoms with van der Waals surface area (Å²) in [6, 6.07) is 6.16. The molecule has 2 fully saturated rings. The van der Waals surface area contributed by atoms with E-state index in [0.717, 1.165) is 62.0 Å². The number of amides is 2. The molecule has 2 aliphatic rings. The maximum absolute atomic E-state index is 12.9. The van der Waals surface area contributed by atoms with Gasteiger partial charge in [0.2, 0.25) is 5.91 Å². The number of hydrogen-bond donors (Lipinski definition) is 1. The van der Waals surface area contributed by atoms with E-state index in [0.29, 0.717) is 6.54 Å².